The van der Waals surface area contributed by atoms with E-state index in [1.807, 2.05) is 0 Å². The first-order valence-electron chi connectivity index (χ1n) is 7.12. The average molecular weight is 292 g/mol. The molecule has 0 atom stereocenters. The molecule has 0 radical (unpaired) electrons. The molecule has 0 saturated heterocycles. The fourth-order valence-electron chi connectivity index (χ4n) is 2.13. The van der Waals surface area contributed by atoms with Gasteiger partial charge < -0.3 is 9.73 Å². The van der Waals surface area contributed by atoms with Crippen LogP contribution >= 0.6 is 11.3 Å². The first-order valence-corrected chi connectivity index (χ1v) is 8.00. The van der Waals surface area contributed by atoms with Crippen LogP contribution < -0.4 is 5.32 Å². The van der Waals surface area contributed by atoms with Crippen molar-refractivity contribution in [2.75, 3.05) is 13.6 Å². The van der Waals surface area contributed by atoms with Gasteiger partial charge >= 0.3 is 0 Å². The van der Waals surface area contributed by atoms with Crippen LogP contribution in [0.15, 0.2) is 34.3 Å². The molecule has 0 fully saturated rings. The van der Waals surface area contributed by atoms with Crippen molar-refractivity contribution in [1.82, 2.24) is 10.2 Å². The van der Waals surface area contributed by atoms with Gasteiger partial charge in [0.05, 0.1) is 12.8 Å². The van der Waals surface area contributed by atoms with Gasteiger partial charge in [-0.2, -0.15) is 0 Å². The Balaban J connectivity index is 1.84. The van der Waals surface area contributed by atoms with Crippen molar-refractivity contribution in [3.05, 3.63) is 46.0 Å². The van der Waals surface area contributed by atoms with Crippen LogP contribution in [-0.4, -0.2) is 18.5 Å². The van der Waals surface area contributed by atoms with Gasteiger partial charge in [-0.1, -0.05) is 19.9 Å². The van der Waals surface area contributed by atoms with Crippen LogP contribution in [0.4, 0.5) is 0 Å². The van der Waals surface area contributed by atoms with Gasteiger partial charge in [0.25, 0.3) is 0 Å². The van der Waals surface area contributed by atoms with Gasteiger partial charge in [-0.25, -0.2) is 0 Å². The zero-order chi connectivity index (χ0) is 14.4. The average Bonchev–Trinajstić information content (AvgIpc) is 3.01. The second-order valence-corrected chi connectivity index (χ2v) is 6.68. The Morgan fingerprint density at radius 2 is 2.15 bits per heavy atom. The standard InChI is InChI=1S/C16H24N2OS/c1-13(2)9-17-10-14-6-7-19-16(14)12-18(3)11-15-5-4-8-20-15/h4-8,13,17H,9-12H2,1-3H3. The summed E-state index contributed by atoms with van der Waals surface area (Å²) >= 11 is 1.80. The predicted octanol–water partition coefficient (Wildman–Crippen LogP) is 3.72. The Hall–Kier alpha value is -1.10. The van der Waals surface area contributed by atoms with E-state index in [2.05, 4.69) is 54.7 Å². The maximum absolute atomic E-state index is 5.63. The van der Waals surface area contributed by atoms with Gasteiger partial charge in [-0.15, -0.1) is 11.3 Å². The molecule has 3 nitrogen and oxygen atoms in total. The first kappa shape index (κ1) is 15.3. The van der Waals surface area contributed by atoms with E-state index in [0.717, 1.165) is 31.9 Å². The van der Waals surface area contributed by atoms with Crippen molar-refractivity contribution in [3.63, 3.8) is 0 Å². The molecule has 4 heteroatoms. The van der Waals surface area contributed by atoms with Gasteiger partial charge in [0.2, 0.25) is 0 Å². The van der Waals surface area contributed by atoms with E-state index < -0.39 is 0 Å². The summed E-state index contributed by atoms with van der Waals surface area (Å²) in [4.78, 5) is 3.68. The van der Waals surface area contributed by atoms with Crippen molar-refractivity contribution in [2.24, 2.45) is 5.92 Å². The number of nitrogens with one attached hydrogen (secondary N) is 1. The van der Waals surface area contributed by atoms with Crippen LogP contribution in [0.1, 0.15) is 30.0 Å². The summed E-state index contributed by atoms with van der Waals surface area (Å²) in [5.41, 5.74) is 1.27. The Kier molecular flexibility index (Phi) is 5.83. The number of thiophene rings is 1. The third kappa shape index (κ3) is 4.78. The van der Waals surface area contributed by atoms with E-state index in [1.165, 1.54) is 10.4 Å². The Bertz CT molecular complexity index is 490. The summed E-state index contributed by atoms with van der Waals surface area (Å²) in [6.07, 6.45) is 1.79. The normalized spacial score (nSPS) is 11.7. The number of rotatable bonds is 8. The molecule has 1 N–H and O–H groups in total. The van der Waals surface area contributed by atoms with Crippen molar-refractivity contribution in [1.29, 1.82) is 0 Å². The summed E-state index contributed by atoms with van der Waals surface area (Å²) in [6, 6.07) is 6.35. The minimum Gasteiger partial charge on any atom is -0.468 e. The molecule has 0 amide bonds. The number of furan rings is 1. The van der Waals surface area contributed by atoms with Gasteiger partial charge in [0, 0.05) is 23.5 Å². The lowest BCUT2D eigenvalue weighted by atomic mass is 10.2. The summed E-state index contributed by atoms with van der Waals surface area (Å²) in [6.45, 7) is 8.18. The highest BCUT2D eigenvalue weighted by atomic mass is 32.1. The molecular formula is C16H24N2OS. The summed E-state index contributed by atoms with van der Waals surface area (Å²) in [5.74, 6) is 1.74. The molecule has 2 rings (SSSR count). The molecule has 0 saturated carbocycles. The predicted molar refractivity (Wildman–Crippen MR) is 84.7 cm³/mol. The monoisotopic (exact) mass is 292 g/mol. The maximum Gasteiger partial charge on any atom is 0.122 e. The largest absolute Gasteiger partial charge is 0.468 e. The van der Waals surface area contributed by atoms with E-state index in [-0.39, 0.29) is 0 Å². The van der Waals surface area contributed by atoms with E-state index in [0.29, 0.717) is 5.92 Å². The summed E-state index contributed by atoms with van der Waals surface area (Å²) in [7, 11) is 2.13. The van der Waals surface area contributed by atoms with Crippen LogP contribution in [0.5, 0.6) is 0 Å². The van der Waals surface area contributed by atoms with Gasteiger partial charge in [0.15, 0.2) is 0 Å². The number of hydrogen-bond donors (Lipinski definition) is 1. The molecule has 2 aromatic heterocycles. The highest BCUT2D eigenvalue weighted by Gasteiger charge is 2.10. The molecule has 2 aromatic rings. The lowest BCUT2D eigenvalue weighted by molar-refractivity contribution is 0.288. The minimum absolute atomic E-state index is 0.673. The minimum atomic E-state index is 0.673. The fraction of sp³-hybridized carbons (Fsp3) is 0.500. The van der Waals surface area contributed by atoms with Crippen molar-refractivity contribution >= 4 is 11.3 Å². The molecule has 0 bridgehead atoms. The van der Waals surface area contributed by atoms with Crippen molar-refractivity contribution in [2.45, 2.75) is 33.5 Å². The Morgan fingerprint density at radius 3 is 2.85 bits per heavy atom. The highest BCUT2D eigenvalue weighted by molar-refractivity contribution is 7.09. The zero-order valence-corrected chi connectivity index (χ0v) is 13.4. The fourth-order valence-corrected chi connectivity index (χ4v) is 2.91. The SMILES string of the molecule is CC(C)CNCc1ccoc1CN(C)Cc1cccs1. The van der Waals surface area contributed by atoms with Crippen LogP contribution in [0.2, 0.25) is 0 Å². The lowest BCUT2D eigenvalue weighted by Gasteiger charge is -2.15. The maximum atomic E-state index is 5.63. The zero-order valence-electron chi connectivity index (χ0n) is 12.6. The summed E-state index contributed by atoms with van der Waals surface area (Å²) < 4.78 is 5.63. The second kappa shape index (κ2) is 7.62. The molecule has 0 unspecified atom stereocenters. The lowest BCUT2D eigenvalue weighted by Crippen LogP contribution is -2.21. The van der Waals surface area contributed by atoms with Crippen LogP contribution in [0.3, 0.4) is 0 Å². The molecule has 0 spiro atoms. The highest BCUT2D eigenvalue weighted by Crippen LogP contribution is 2.16. The molecule has 0 aromatic carbocycles. The van der Waals surface area contributed by atoms with Crippen LogP contribution in [0.25, 0.3) is 0 Å². The molecule has 0 aliphatic carbocycles. The quantitative estimate of drug-likeness (QED) is 0.804. The van der Waals surface area contributed by atoms with Gasteiger partial charge in [0.1, 0.15) is 5.76 Å². The molecule has 20 heavy (non-hydrogen) atoms. The topological polar surface area (TPSA) is 28.4 Å². The third-order valence-electron chi connectivity index (χ3n) is 3.13. The molecule has 0 aliphatic rings. The molecular weight excluding hydrogens is 268 g/mol. The van der Waals surface area contributed by atoms with E-state index >= 15 is 0 Å². The number of nitrogens with zero attached hydrogens (tertiary/aromatic N) is 1. The van der Waals surface area contributed by atoms with E-state index in [1.54, 1.807) is 17.6 Å². The van der Waals surface area contributed by atoms with Gasteiger partial charge in [-0.05, 0) is 37.0 Å². The molecule has 110 valence electrons. The van der Waals surface area contributed by atoms with E-state index in [9.17, 15) is 0 Å². The van der Waals surface area contributed by atoms with E-state index in [4.69, 9.17) is 4.42 Å². The second-order valence-electron chi connectivity index (χ2n) is 5.65. The van der Waals surface area contributed by atoms with Crippen molar-refractivity contribution in [3.8, 4) is 0 Å². The van der Waals surface area contributed by atoms with Crippen LogP contribution in [-0.2, 0) is 19.6 Å². The smallest absolute Gasteiger partial charge is 0.122 e. The third-order valence-corrected chi connectivity index (χ3v) is 3.99. The van der Waals surface area contributed by atoms with Crippen molar-refractivity contribution < 1.29 is 4.42 Å². The van der Waals surface area contributed by atoms with Crippen LogP contribution in [0, 0.1) is 5.92 Å². The first-order chi connectivity index (χ1) is 9.65. The Labute approximate surface area is 125 Å². The Morgan fingerprint density at radius 1 is 1.30 bits per heavy atom. The van der Waals surface area contributed by atoms with Gasteiger partial charge in [-0.3, -0.25) is 4.90 Å². The molecule has 2 heterocycles. The summed E-state index contributed by atoms with van der Waals surface area (Å²) in [5, 5.41) is 5.59. The molecule has 0 aliphatic heterocycles. The number of hydrogen-bond acceptors (Lipinski definition) is 4.